The fourth-order valence-corrected chi connectivity index (χ4v) is 4.39. The molecule has 0 aromatic heterocycles. The molecule has 1 aliphatic heterocycles. The maximum Gasteiger partial charge on any atom is 0.311 e. The number of esters is 1. The van der Waals surface area contributed by atoms with E-state index in [-0.39, 0.29) is 18.4 Å². The normalized spacial score (nSPS) is 27.5. The molecule has 2 aliphatic rings. The molecule has 0 unspecified atom stereocenters. The largest absolute Gasteiger partial charge is 0.455 e. The number of rotatable bonds is 5. The Morgan fingerprint density at radius 2 is 2.00 bits per heavy atom. The highest BCUT2D eigenvalue weighted by Crippen LogP contribution is 2.35. The molecular formula is C21H27ClN2O4. The quantitative estimate of drug-likeness (QED) is 0.759. The minimum Gasteiger partial charge on any atom is -0.455 e. The third kappa shape index (κ3) is 4.66. The molecule has 1 saturated carbocycles. The van der Waals surface area contributed by atoms with Gasteiger partial charge in [0.25, 0.3) is 5.91 Å². The Morgan fingerprint density at radius 3 is 2.75 bits per heavy atom. The zero-order valence-corrected chi connectivity index (χ0v) is 17.1. The molecule has 0 spiro atoms. The molecule has 1 saturated heterocycles. The Balaban J connectivity index is 1.50. The summed E-state index contributed by atoms with van der Waals surface area (Å²) < 4.78 is 5.16. The predicted molar refractivity (Wildman–Crippen MR) is 107 cm³/mol. The summed E-state index contributed by atoms with van der Waals surface area (Å²) in [7, 11) is 0. The summed E-state index contributed by atoms with van der Waals surface area (Å²) >= 11 is 6.00. The van der Waals surface area contributed by atoms with Crippen LogP contribution < -0.4 is 5.32 Å². The third-order valence-corrected chi connectivity index (χ3v) is 6.38. The summed E-state index contributed by atoms with van der Waals surface area (Å²) in [6.07, 6.45) is 3.44. The van der Waals surface area contributed by atoms with Gasteiger partial charge in [-0.3, -0.25) is 14.4 Å². The molecule has 7 heteroatoms. The molecule has 3 rings (SSSR count). The topological polar surface area (TPSA) is 75.7 Å². The number of carbonyl (C=O) groups excluding carboxylic acids is 3. The maximum absolute atomic E-state index is 12.5. The fourth-order valence-electron chi connectivity index (χ4n) is 4.21. The first-order valence-electron chi connectivity index (χ1n) is 9.87. The summed E-state index contributed by atoms with van der Waals surface area (Å²) in [4.78, 5) is 38.7. The number of carbonyl (C=O) groups is 3. The van der Waals surface area contributed by atoms with E-state index in [1.165, 1.54) is 6.42 Å². The van der Waals surface area contributed by atoms with Crippen LogP contribution in [0, 0.1) is 17.8 Å². The first kappa shape index (κ1) is 20.6. The number of anilines is 1. The fraction of sp³-hybridized carbons (Fsp3) is 0.571. The molecule has 6 nitrogen and oxygen atoms in total. The van der Waals surface area contributed by atoms with Crippen molar-refractivity contribution in [2.45, 2.75) is 45.6 Å². The Bertz CT molecular complexity index is 754. The number of halogens is 1. The number of ether oxygens (including phenoxy) is 1. The molecule has 152 valence electrons. The van der Waals surface area contributed by atoms with E-state index in [9.17, 15) is 14.4 Å². The smallest absolute Gasteiger partial charge is 0.311 e. The lowest BCUT2D eigenvalue weighted by molar-refractivity contribution is -0.151. The summed E-state index contributed by atoms with van der Waals surface area (Å²) in [6, 6.07) is 7.03. The van der Waals surface area contributed by atoms with Crippen molar-refractivity contribution in [3.63, 3.8) is 0 Å². The lowest BCUT2D eigenvalue weighted by atomic mass is 9.77. The molecule has 4 atom stereocenters. The van der Waals surface area contributed by atoms with Crippen molar-refractivity contribution in [2.75, 3.05) is 18.5 Å². The minimum atomic E-state index is -0.509. The van der Waals surface area contributed by atoms with Crippen LogP contribution in [0.15, 0.2) is 24.3 Å². The first-order chi connectivity index (χ1) is 13.4. The van der Waals surface area contributed by atoms with Crippen LogP contribution in [0.2, 0.25) is 5.02 Å². The van der Waals surface area contributed by atoms with Crippen LogP contribution in [0.5, 0.6) is 0 Å². The molecule has 28 heavy (non-hydrogen) atoms. The Kier molecular flexibility index (Phi) is 6.60. The van der Waals surface area contributed by atoms with Crippen LogP contribution >= 0.6 is 11.6 Å². The number of nitrogens with one attached hydrogen (secondary N) is 1. The van der Waals surface area contributed by atoms with E-state index in [1.807, 2.05) is 4.90 Å². The molecule has 0 bridgehead atoms. The molecule has 2 fully saturated rings. The number of hydrogen-bond acceptors (Lipinski definition) is 4. The van der Waals surface area contributed by atoms with Gasteiger partial charge in [0.1, 0.15) is 0 Å². The number of amides is 2. The van der Waals surface area contributed by atoms with Crippen molar-refractivity contribution >= 4 is 35.1 Å². The van der Waals surface area contributed by atoms with Gasteiger partial charge in [-0.15, -0.1) is 0 Å². The van der Waals surface area contributed by atoms with Crippen LogP contribution in [0.3, 0.4) is 0 Å². The van der Waals surface area contributed by atoms with Crippen molar-refractivity contribution in [3.05, 3.63) is 29.3 Å². The first-order valence-corrected chi connectivity index (χ1v) is 10.2. The molecule has 2 amide bonds. The lowest BCUT2D eigenvalue weighted by Gasteiger charge is -2.39. The Labute approximate surface area is 170 Å². The van der Waals surface area contributed by atoms with Gasteiger partial charge in [0, 0.05) is 19.0 Å². The zero-order valence-electron chi connectivity index (χ0n) is 16.3. The monoisotopic (exact) mass is 406 g/mol. The van der Waals surface area contributed by atoms with Crippen LogP contribution in [0.1, 0.15) is 39.5 Å². The van der Waals surface area contributed by atoms with Crippen molar-refractivity contribution < 1.29 is 19.1 Å². The summed E-state index contributed by atoms with van der Waals surface area (Å²) in [5, 5.41) is 3.02. The predicted octanol–water partition coefficient (Wildman–Crippen LogP) is 3.49. The van der Waals surface area contributed by atoms with Gasteiger partial charge >= 0.3 is 5.97 Å². The average Bonchev–Trinajstić information content (AvgIpc) is 3.05. The highest BCUT2D eigenvalue weighted by Gasteiger charge is 2.42. The second-order valence-corrected chi connectivity index (χ2v) is 8.32. The molecule has 1 heterocycles. The standard InChI is InChI=1S/C21H27ClN2O4/c1-13-6-5-9-18(14(13)2)24-11-15(10-20(24)26)21(27)28-12-19(25)23-17-8-4-3-7-16(17)22/h3-4,7-8,13-15,18H,5-6,9-12H2,1-2H3,(H,23,25)/t13-,14+,15+,18+/m0/s1. The van der Waals surface area contributed by atoms with Crippen molar-refractivity contribution in [1.82, 2.24) is 4.90 Å². The molecule has 1 aromatic rings. The van der Waals surface area contributed by atoms with E-state index >= 15 is 0 Å². The zero-order chi connectivity index (χ0) is 20.3. The summed E-state index contributed by atoms with van der Waals surface area (Å²) in [6.45, 7) is 4.39. The lowest BCUT2D eigenvalue weighted by Crippen LogP contribution is -2.45. The maximum atomic E-state index is 12.5. The molecule has 1 N–H and O–H groups in total. The van der Waals surface area contributed by atoms with E-state index in [2.05, 4.69) is 19.2 Å². The van der Waals surface area contributed by atoms with E-state index in [0.29, 0.717) is 29.1 Å². The van der Waals surface area contributed by atoms with E-state index in [0.717, 1.165) is 12.8 Å². The van der Waals surface area contributed by atoms with Crippen LogP contribution in [-0.4, -0.2) is 41.9 Å². The highest BCUT2D eigenvalue weighted by molar-refractivity contribution is 6.33. The second-order valence-electron chi connectivity index (χ2n) is 7.92. The van der Waals surface area contributed by atoms with Crippen LogP contribution in [0.4, 0.5) is 5.69 Å². The SMILES string of the molecule is C[C@H]1[C@H](N2C[C@H](C(=O)OCC(=O)Nc3ccccc3Cl)CC2=O)CCC[C@@H]1C. The Morgan fingerprint density at radius 1 is 1.25 bits per heavy atom. The van der Waals surface area contributed by atoms with Gasteiger partial charge in [-0.05, 0) is 30.4 Å². The van der Waals surface area contributed by atoms with Gasteiger partial charge in [-0.2, -0.15) is 0 Å². The van der Waals surface area contributed by atoms with Gasteiger partial charge < -0.3 is 15.0 Å². The molecule has 1 aromatic carbocycles. The van der Waals surface area contributed by atoms with Crippen LogP contribution in [-0.2, 0) is 19.1 Å². The summed E-state index contributed by atoms with van der Waals surface area (Å²) in [5.41, 5.74) is 0.466. The van der Waals surface area contributed by atoms with E-state index < -0.39 is 24.4 Å². The minimum absolute atomic E-state index is 0.00780. The van der Waals surface area contributed by atoms with Gasteiger partial charge in [-0.25, -0.2) is 0 Å². The van der Waals surface area contributed by atoms with Gasteiger partial charge in [0.05, 0.1) is 16.6 Å². The van der Waals surface area contributed by atoms with Gasteiger partial charge in [-0.1, -0.05) is 50.4 Å². The number of para-hydroxylation sites is 1. The number of nitrogens with zero attached hydrogens (tertiary/aromatic N) is 1. The number of likely N-dealkylation sites (tertiary alicyclic amines) is 1. The van der Waals surface area contributed by atoms with Crippen molar-refractivity contribution in [1.29, 1.82) is 0 Å². The van der Waals surface area contributed by atoms with Crippen molar-refractivity contribution in [2.24, 2.45) is 17.8 Å². The number of benzene rings is 1. The van der Waals surface area contributed by atoms with Crippen LogP contribution in [0.25, 0.3) is 0 Å². The third-order valence-electron chi connectivity index (χ3n) is 6.05. The van der Waals surface area contributed by atoms with Crippen molar-refractivity contribution in [3.8, 4) is 0 Å². The Hall–Kier alpha value is -2.08. The molecule has 0 radical (unpaired) electrons. The van der Waals surface area contributed by atoms with E-state index in [4.69, 9.17) is 16.3 Å². The van der Waals surface area contributed by atoms with Gasteiger partial charge in [0.2, 0.25) is 5.91 Å². The highest BCUT2D eigenvalue weighted by atomic mass is 35.5. The van der Waals surface area contributed by atoms with E-state index in [1.54, 1.807) is 24.3 Å². The molecule has 1 aliphatic carbocycles. The summed E-state index contributed by atoms with van der Waals surface area (Å²) in [5.74, 6) is -0.461. The average molecular weight is 407 g/mol. The number of hydrogen-bond donors (Lipinski definition) is 1. The van der Waals surface area contributed by atoms with Gasteiger partial charge in [0.15, 0.2) is 6.61 Å². The molecular weight excluding hydrogens is 380 g/mol. The second kappa shape index (κ2) is 8.95.